The normalized spacial score (nSPS) is 12.9. The highest BCUT2D eigenvalue weighted by molar-refractivity contribution is 7.13. The van der Waals surface area contributed by atoms with Crippen LogP contribution in [0.5, 0.6) is 0 Å². The Morgan fingerprint density at radius 3 is 2.53 bits per heavy atom. The van der Waals surface area contributed by atoms with Crippen molar-refractivity contribution in [2.75, 3.05) is 6.54 Å². The predicted octanol–water partition coefficient (Wildman–Crippen LogP) is 3.51. The highest BCUT2D eigenvalue weighted by Crippen LogP contribution is 2.29. The molecule has 90 valence electrons. The number of nitrogens with zero attached hydrogens (tertiary/aromatic N) is 1. The summed E-state index contributed by atoms with van der Waals surface area (Å²) in [5.41, 5.74) is 8.13. The van der Waals surface area contributed by atoms with E-state index >= 15 is 0 Å². The minimum absolute atomic E-state index is 0.365. The summed E-state index contributed by atoms with van der Waals surface area (Å²) in [5, 5.41) is 3.22. The number of rotatable bonds is 4. The summed E-state index contributed by atoms with van der Waals surface area (Å²) >= 11 is 1.70. The van der Waals surface area contributed by atoms with Crippen molar-refractivity contribution >= 4 is 11.3 Å². The van der Waals surface area contributed by atoms with Gasteiger partial charge in [0.05, 0.1) is 5.69 Å². The summed E-state index contributed by atoms with van der Waals surface area (Å²) in [6.45, 7) is 5.05. The number of nitrogens with two attached hydrogens (primary N) is 1. The second-order valence-corrected chi connectivity index (χ2v) is 5.39. The first-order valence-electron chi connectivity index (χ1n) is 5.93. The molecule has 2 aromatic rings. The summed E-state index contributed by atoms with van der Waals surface area (Å²) in [6, 6.07) is 10.3. The van der Waals surface area contributed by atoms with Gasteiger partial charge >= 0.3 is 0 Å². The molecule has 1 aromatic carbocycles. The summed E-state index contributed by atoms with van der Waals surface area (Å²) in [6.07, 6.45) is 0. The third-order valence-corrected chi connectivity index (χ3v) is 3.89. The predicted molar refractivity (Wildman–Crippen MR) is 74.2 cm³/mol. The first kappa shape index (κ1) is 12.3. The lowest BCUT2D eigenvalue weighted by Gasteiger charge is -2.15. The van der Waals surface area contributed by atoms with Crippen molar-refractivity contribution in [1.82, 2.24) is 4.98 Å². The van der Waals surface area contributed by atoms with Gasteiger partial charge < -0.3 is 5.73 Å². The molecule has 0 spiro atoms. The zero-order chi connectivity index (χ0) is 12.3. The van der Waals surface area contributed by atoms with E-state index in [9.17, 15) is 0 Å². The van der Waals surface area contributed by atoms with E-state index in [1.807, 2.05) is 18.2 Å². The lowest BCUT2D eigenvalue weighted by atomic mass is 9.93. The van der Waals surface area contributed by atoms with Crippen LogP contribution in [0.1, 0.15) is 25.5 Å². The summed E-state index contributed by atoms with van der Waals surface area (Å²) in [4.78, 5) is 4.71. The van der Waals surface area contributed by atoms with Crippen LogP contribution in [0.2, 0.25) is 0 Å². The topological polar surface area (TPSA) is 38.9 Å². The Labute approximate surface area is 107 Å². The van der Waals surface area contributed by atoms with Crippen LogP contribution in [0.4, 0.5) is 0 Å². The van der Waals surface area contributed by atoms with Crippen molar-refractivity contribution in [3.05, 3.63) is 41.4 Å². The summed E-state index contributed by atoms with van der Waals surface area (Å²) < 4.78 is 0. The van der Waals surface area contributed by atoms with Gasteiger partial charge in [-0.05, 0) is 5.92 Å². The Hall–Kier alpha value is -1.19. The zero-order valence-corrected chi connectivity index (χ0v) is 11.1. The Balaban J connectivity index is 2.27. The molecule has 0 aliphatic heterocycles. The summed E-state index contributed by atoms with van der Waals surface area (Å²) in [7, 11) is 0. The van der Waals surface area contributed by atoms with Crippen molar-refractivity contribution in [2.24, 2.45) is 11.7 Å². The molecule has 0 saturated carbocycles. The van der Waals surface area contributed by atoms with Crippen molar-refractivity contribution < 1.29 is 0 Å². The Morgan fingerprint density at radius 2 is 1.94 bits per heavy atom. The van der Waals surface area contributed by atoms with Crippen LogP contribution in [-0.2, 0) is 0 Å². The van der Waals surface area contributed by atoms with Crippen molar-refractivity contribution in [3.8, 4) is 10.6 Å². The highest BCUT2D eigenvalue weighted by atomic mass is 32.1. The van der Waals surface area contributed by atoms with E-state index < -0.39 is 0 Å². The van der Waals surface area contributed by atoms with Crippen LogP contribution in [0.25, 0.3) is 10.6 Å². The molecule has 2 N–H and O–H groups in total. The molecule has 1 heterocycles. The third kappa shape index (κ3) is 2.73. The number of aromatic nitrogens is 1. The van der Waals surface area contributed by atoms with Crippen LogP contribution in [0.3, 0.4) is 0 Å². The first-order chi connectivity index (χ1) is 8.22. The lowest BCUT2D eigenvalue weighted by molar-refractivity contribution is 0.498. The fourth-order valence-electron chi connectivity index (χ4n) is 1.90. The first-order valence-corrected chi connectivity index (χ1v) is 6.81. The van der Waals surface area contributed by atoms with Gasteiger partial charge in [0, 0.05) is 23.4 Å². The SMILES string of the molecule is CC(C)C(CN)c1csc(-c2ccccc2)n1. The van der Waals surface area contributed by atoms with Gasteiger partial charge in [0.2, 0.25) is 0 Å². The number of hydrogen-bond donors (Lipinski definition) is 1. The van der Waals surface area contributed by atoms with E-state index in [4.69, 9.17) is 10.7 Å². The maximum absolute atomic E-state index is 5.82. The van der Waals surface area contributed by atoms with E-state index in [1.54, 1.807) is 11.3 Å². The molecule has 0 amide bonds. The maximum atomic E-state index is 5.82. The minimum Gasteiger partial charge on any atom is -0.330 e. The average Bonchev–Trinajstić information content (AvgIpc) is 2.80. The van der Waals surface area contributed by atoms with Gasteiger partial charge in [-0.1, -0.05) is 44.2 Å². The minimum atomic E-state index is 0.365. The zero-order valence-electron chi connectivity index (χ0n) is 10.3. The number of hydrogen-bond acceptors (Lipinski definition) is 3. The van der Waals surface area contributed by atoms with Crippen molar-refractivity contribution in [1.29, 1.82) is 0 Å². The Bertz CT molecular complexity index is 462. The molecule has 0 radical (unpaired) electrons. The standard InChI is InChI=1S/C14H18N2S/c1-10(2)12(8-15)13-9-17-14(16-13)11-6-4-3-5-7-11/h3-7,9-10,12H,8,15H2,1-2H3. The Morgan fingerprint density at radius 1 is 1.24 bits per heavy atom. The van der Waals surface area contributed by atoms with E-state index in [0.29, 0.717) is 18.4 Å². The van der Waals surface area contributed by atoms with Crippen LogP contribution < -0.4 is 5.73 Å². The van der Waals surface area contributed by atoms with Gasteiger partial charge in [-0.25, -0.2) is 4.98 Å². The van der Waals surface area contributed by atoms with Gasteiger partial charge in [-0.2, -0.15) is 0 Å². The van der Waals surface area contributed by atoms with Crippen LogP contribution in [0, 0.1) is 5.92 Å². The van der Waals surface area contributed by atoms with Gasteiger partial charge in [0.15, 0.2) is 0 Å². The highest BCUT2D eigenvalue weighted by Gasteiger charge is 2.17. The smallest absolute Gasteiger partial charge is 0.123 e. The third-order valence-electron chi connectivity index (χ3n) is 2.98. The molecule has 1 aromatic heterocycles. The maximum Gasteiger partial charge on any atom is 0.123 e. The van der Waals surface area contributed by atoms with Crippen LogP contribution >= 0.6 is 11.3 Å². The van der Waals surface area contributed by atoms with Crippen molar-refractivity contribution in [3.63, 3.8) is 0 Å². The van der Waals surface area contributed by atoms with Gasteiger partial charge in [0.1, 0.15) is 5.01 Å². The second kappa shape index (κ2) is 5.43. The van der Waals surface area contributed by atoms with Gasteiger partial charge in [-0.15, -0.1) is 11.3 Å². The molecule has 2 nitrogen and oxygen atoms in total. The molecule has 1 unspecified atom stereocenters. The fourth-order valence-corrected chi connectivity index (χ4v) is 2.79. The Kier molecular flexibility index (Phi) is 3.92. The second-order valence-electron chi connectivity index (χ2n) is 4.53. The van der Waals surface area contributed by atoms with Gasteiger partial charge in [-0.3, -0.25) is 0 Å². The lowest BCUT2D eigenvalue weighted by Crippen LogP contribution is -2.18. The average molecular weight is 246 g/mol. The van der Waals surface area contributed by atoms with Crippen LogP contribution in [0.15, 0.2) is 35.7 Å². The molecular weight excluding hydrogens is 228 g/mol. The van der Waals surface area contributed by atoms with E-state index in [2.05, 4.69) is 31.4 Å². The molecule has 0 saturated heterocycles. The molecule has 0 aliphatic rings. The molecule has 0 aliphatic carbocycles. The molecule has 1 atom stereocenters. The molecule has 0 fully saturated rings. The fraction of sp³-hybridized carbons (Fsp3) is 0.357. The number of benzene rings is 1. The molecule has 2 rings (SSSR count). The monoisotopic (exact) mass is 246 g/mol. The number of thiazole rings is 1. The molecule has 17 heavy (non-hydrogen) atoms. The van der Waals surface area contributed by atoms with E-state index in [1.165, 1.54) is 5.56 Å². The van der Waals surface area contributed by atoms with Crippen molar-refractivity contribution in [2.45, 2.75) is 19.8 Å². The van der Waals surface area contributed by atoms with Crippen LogP contribution in [-0.4, -0.2) is 11.5 Å². The quantitative estimate of drug-likeness (QED) is 0.896. The molecule has 0 bridgehead atoms. The van der Waals surface area contributed by atoms with Gasteiger partial charge in [0.25, 0.3) is 0 Å². The van der Waals surface area contributed by atoms with E-state index in [-0.39, 0.29) is 0 Å². The van der Waals surface area contributed by atoms with E-state index in [0.717, 1.165) is 10.7 Å². The largest absolute Gasteiger partial charge is 0.330 e. The summed E-state index contributed by atoms with van der Waals surface area (Å²) in [5.74, 6) is 0.898. The molecule has 3 heteroatoms. The molecular formula is C14H18N2S.